The first kappa shape index (κ1) is 12.5. The van der Waals surface area contributed by atoms with Crippen molar-refractivity contribution in [2.24, 2.45) is 11.8 Å². The van der Waals surface area contributed by atoms with Crippen LogP contribution in [0.25, 0.3) is 0 Å². The fraction of sp³-hybridized carbons (Fsp3) is 0.533. The van der Waals surface area contributed by atoms with E-state index in [-0.39, 0.29) is 11.7 Å². The molecule has 3 unspecified atom stereocenters. The highest BCUT2D eigenvalue weighted by Gasteiger charge is 2.45. The van der Waals surface area contributed by atoms with Crippen LogP contribution in [-0.2, 0) is 0 Å². The summed E-state index contributed by atoms with van der Waals surface area (Å²) in [7, 11) is 0. The lowest BCUT2D eigenvalue weighted by molar-refractivity contribution is 0.0711. The first-order valence-corrected chi connectivity index (χ1v) is 7.01. The second kappa shape index (κ2) is 4.85. The van der Waals surface area contributed by atoms with E-state index < -0.39 is 0 Å². The third kappa shape index (κ3) is 2.10. The molecule has 0 aliphatic carbocycles. The Labute approximate surface area is 113 Å². The molecule has 4 nitrogen and oxygen atoms in total. The van der Waals surface area contributed by atoms with E-state index >= 15 is 0 Å². The normalized spacial score (nSPS) is 29.5. The van der Waals surface area contributed by atoms with Crippen molar-refractivity contribution in [2.45, 2.75) is 19.4 Å². The Morgan fingerprint density at radius 1 is 1.47 bits per heavy atom. The van der Waals surface area contributed by atoms with Crippen molar-refractivity contribution in [2.75, 3.05) is 19.6 Å². The van der Waals surface area contributed by atoms with Gasteiger partial charge in [0, 0.05) is 31.2 Å². The molecule has 1 aromatic carbocycles. The van der Waals surface area contributed by atoms with E-state index in [0.29, 0.717) is 23.4 Å². The summed E-state index contributed by atoms with van der Waals surface area (Å²) in [5.41, 5.74) is 0.589. The van der Waals surface area contributed by atoms with Gasteiger partial charge in [0.25, 0.3) is 5.91 Å². The zero-order chi connectivity index (χ0) is 13.4. The number of likely N-dealkylation sites (tertiary alicyclic amines) is 1. The fourth-order valence-electron chi connectivity index (χ4n) is 3.58. The molecule has 2 fully saturated rings. The first-order valence-electron chi connectivity index (χ1n) is 7.01. The summed E-state index contributed by atoms with van der Waals surface area (Å²) >= 11 is 0. The van der Waals surface area contributed by atoms with Crippen LogP contribution in [0, 0.1) is 11.8 Å². The highest BCUT2D eigenvalue weighted by molar-refractivity contribution is 5.95. The second-order valence-electron chi connectivity index (χ2n) is 5.57. The quantitative estimate of drug-likeness (QED) is 0.846. The molecule has 2 aliphatic rings. The lowest BCUT2D eigenvalue weighted by Gasteiger charge is -2.27. The summed E-state index contributed by atoms with van der Waals surface area (Å²) in [6.45, 7) is 5.02. The number of nitrogens with zero attached hydrogens (tertiary/aromatic N) is 1. The Kier molecular flexibility index (Phi) is 3.19. The largest absolute Gasteiger partial charge is 0.508 e. The highest BCUT2D eigenvalue weighted by atomic mass is 16.3. The van der Waals surface area contributed by atoms with E-state index in [1.165, 1.54) is 0 Å². The van der Waals surface area contributed by atoms with Crippen molar-refractivity contribution in [3.63, 3.8) is 0 Å². The van der Waals surface area contributed by atoms with Crippen LogP contribution >= 0.6 is 0 Å². The molecule has 2 saturated heterocycles. The number of hydrogen-bond acceptors (Lipinski definition) is 3. The number of amides is 1. The van der Waals surface area contributed by atoms with Crippen LogP contribution in [0.3, 0.4) is 0 Å². The van der Waals surface area contributed by atoms with E-state index in [1.807, 2.05) is 4.90 Å². The van der Waals surface area contributed by atoms with Crippen molar-refractivity contribution >= 4 is 5.91 Å². The number of carbonyl (C=O) groups is 1. The van der Waals surface area contributed by atoms with Crippen molar-refractivity contribution in [1.82, 2.24) is 10.2 Å². The minimum Gasteiger partial charge on any atom is -0.508 e. The zero-order valence-electron chi connectivity index (χ0n) is 11.2. The van der Waals surface area contributed by atoms with Gasteiger partial charge in [-0.1, -0.05) is 13.0 Å². The molecule has 0 aromatic heterocycles. The molecule has 2 N–H and O–H groups in total. The van der Waals surface area contributed by atoms with Crippen LogP contribution < -0.4 is 5.32 Å². The molecule has 0 spiro atoms. The summed E-state index contributed by atoms with van der Waals surface area (Å²) in [6, 6.07) is 6.98. The van der Waals surface area contributed by atoms with Crippen LogP contribution in [0.2, 0.25) is 0 Å². The third-order valence-corrected chi connectivity index (χ3v) is 4.49. The van der Waals surface area contributed by atoms with E-state index in [9.17, 15) is 9.90 Å². The third-order valence-electron chi connectivity index (χ3n) is 4.49. The standard InChI is InChI=1S/C15H20N2O2/c1-2-14-13-8-16-7-11(13)9-17(14)15(19)10-4-3-5-12(18)6-10/h3-6,11,13-14,16,18H,2,7-9H2,1H3. The maximum absolute atomic E-state index is 12.6. The van der Waals surface area contributed by atoms with Gasteiger partial charge in [0.1, 0.15) is 5.75 Å². The topological polar surface area (TPSA) is 52.6 Å². The van der Waals surface area contributed by atoms with Gasteiger partial charge in [0.15, 0.2) is 0 Å². The van der Waals surface area contributed by atoms with E-state index in [0.717, 1.165) is 26.1 Å². The van der Waals surface area contributed by atoms with Gasteiger partial charge in [-0.2, -0.15) is 0 Å². The first-order chi connectivity index (χ1) is 9.20. The number of carbonyl (C=O) groups excluding carboxylic acids is 1. The number of rotatable bonds is 2. The molecule has 4 heteroatoms. The molecule has 0 radical (unpaired) electrons. The van der Waals surface area contributed by atoms with E-state index in [1.54, 1.807) is 24.3 Å². The lowest BCUT2D eigenvalue weighted by atomic mass is 9.93. The van der Waals surface area contributed by atoms with Crippen LogP contribution in [0.5, 0.6) is 5.75 Å². The number of phenolic OH excluding ortho intramolecular Hbond substituents is 1. The summed E-state index contributed by atoms with van der Waals surface area (Å²) in [4.78, 5) is 14.6. The lowest BCUT2D eigenvalue weighted by Crippen LogP contribution is -2.39. The summed E-state index contributed by atoms with van der Waals surface area (Å²) in [5, 5.41) is 12.9. The molecule has 1 amide bonds. The van der Waals surface area contributed by atoms with Gasteiger partial charge in [-0.25, -0.2) is 0 Å². The number of nitrogens with one attached hydrogen (secondary N) is 1. The van der Waals surface area contributed by atoms with Crippen molar-refractivity contribution in [3.05, 3.63) is 29.8 Å². The van der Waals surface area contributed by atoms with Crippen molar-refractivity contribution in [1.29, 1.82) is 0 Å². The predicted octanol–water partition coefficient (Wildman–Crippen LogP) is 1.46. The Morgan fingerprint density at radius 3 is 3.05 bits per heavy atom. The average Bonchev–Trinajstić information content (AvgIpc) is 2.97. The van der Waals surface area contributed by atoms with Gasteiger partial charge in [0.2, 0.25) is 0 Å². The van der Waals surface area contributed by atoms with Gasteiger partial charge in [0.05, 0.1) is 0 Å². The van der Waals surface area contributed by atoms with Crippen LogP contribution in [0.4, 0.5) is 0 Å². The molecular formula is C15H20N2O2. The van der Waals surface area contributed by atoms with Gasteiger partial charge < -0.3 is 15.3 Å². The van der Waals surface area contributed by atoms with E-state index in [4.69, 9.17) is 0 Å². The Hall–Kier alpha value is -1.55. The fourth-order valence-corrected chi connectivity index (χ4v) is 3.58. The molecule has 102 valence electrons. The minimum absolute atomic E-state index is 0.0529. The second-order valence-corrected chi connectivity index (χ2v) is 5.57. The molecule has 1 aromatic rings. The van der Waals surface area contributed by atoms with Crippen LogP contribution in [-0.4, -0.2) is 41.6 Å². The number of fused-ring (bicyclic) bond motifs is 1. The van der Waals surface area contributed by atoms with Crippen molar-refractivity contribution in [3.8, 4) is 5.75 Å². The molecule has 0 saturated carbocycles. The van der Waals surface area contributed by atoms with Crippen LogP contribution in [0.1, 0.15) is 23.7 Å². The monoisotopic (exact) mass is 260 g/mol. The van der Waals surface area contributed by atoms with Gasteiger partial charge >= 0.3 is 0 Å². The van der Waals surface area contributed by atoms with Crippen LogP contribution in [0.15, 0.2) is 24.3 Å². The van der Waals surface area contributed by atoms with Gasteiger partial charge in [-0.15, -0.1) is 0 Å². The zero-order valence-corrected chi connectivity index (χ0v) is 11.2. The average molecular weight is 260 g/mol. The molecule has 2 heterocycles. The Morgan fingerprint density at radius 2 is 2.32 bits per heavy atom. The summed E-state index contributed by atoms with van der Waals surface area (Å²) < 4.78 is 0. The van der Waals surface area contributed by atoms with E-state index in [2.05, 4.69) is 12.2 Å². The summed E-state index contributed by atoms with van der Waals surface area (Å²) in [6.07, 6.45) is 0.993. The maximum atomic E-state index is 12.6. The predicted molar refractivity (Wildman–Crippen MR) is 73.1 cm³/mol. The molecular weight excluding hydrogens is 240 g/mol. The van der Waals surface area contributed by atoms with Crippen molar-refractivity contribution < 1.29 is 9.90 Å². The number of benzene rings is 1. The van der Waals surface area contributed by atoms with Gasteiger partial charge in [-0.05, 0) is 36.5 Å². The molecule has 0 bridgehead atoms. The molecule has 19 heavy (non-hydrogen) atoms. The van der Waals surface area contributed by atoms with Gasteiger partial charge in [-0.3, -0.25) is 4.79 Å². The Balaban J connectivity index is 1.84. The number of aromatic hydroxyl groups is 1. The SMILES string of the molecule is CCC1C2CNCC2CN1C(=O)c1cccc(O)c1. The number of hydrogen-bond donors (Lipinski definition) is 2. The smallest absolute Gasteiger partial charge is 0.254 e. The summed E-state index contributed by atoms with van der Waals surface area (Å²) in [5.74, 6) is 1.38. The minimum atomic E-state index is 0.0529. The molecule has 3 atom stereocenters. The maximum Gasteiger partial charge on any atom is 0.254 e. The molecule has 3 rings (SSSR count). The highest BCUT2D eigenvalue weighted by Crippen LogP contribution is 2.35. The Bertz CT molecular complexity index is 489. The molecule has 2 aliphatic heterocycles. The number of phenols is 1.